The number of fused-ring (bicyclic) bond motifs is 1. The highest BCUT2D eigenvalue weighted by Gasteiger charge is 2.33. The van der Waals surface area contributed by atoms with E-state index in [0.717, 1.165) is 29.5 Å². The predicted molar refractivity (Wildman–Crippen MR) is 89.5 cm³/mol. The van der Waals surface area contributed by atoms with Crippen LogP contribution in [0.4, 0.5) is 0 Å². The van der Waals surface area contributed by atoms with Gasteiger partial charge < -0.3 is 19.5 Å². The predicted octanol–water partition coefficient (Wildman–Crippen LogP) is 1.17. The van der Waals surface area contributed by atoms with Gasteiger partial charge in [-0.15, -0.1) is 0 Å². The van der Waals surface area contributed by atoms with Gasteiger partial charge in [-0.3, -0.25) is 9.59 Å². The van der Waals surface area contributed by atoms with Crippen molar-refractivity contribution in [2.45, 2.75) is 18.9 Å². The number of aromatic amines is 1. The summed E-state index contributed by atoms with van der Waals surface area (Å²) in [4.78, 5) is 31.7. The number of hydrogen-bond donors (Lipinski definition) is 1. The maximum Gasteiger partial charge on any atom is 0.242 e. The second-order valence-corrected chi connectivity index (χ2v) is 6.46. The van der Waals surface area contributed by atoms with Gasteiger partial charge in [-0.25, -0.2) is 0 Å². The van der Waals surface area contributed by atoms with E-state index in [0.29, 0.717) is 26.1 Å². The highest BCUT2D eigenvalue weighted by molar-refractivity contribution is 5.91. The molecule has 1 atom stereocenters. The van der Waals surface area contributed by atoms with Gasteiger partial charge in [-0.2, -0.15) is 0 Å². The van der Waals surface area contributed by atoms with Crippen LogP contribution in [0.1, 0.15) is 12.0 Å². The average molecular weight is 327 g/mol. The normalized spacial score (nSPS) is 21.7. The number of aromatic nitrogens is 1. The first-order valence-corrected chi connectivity index (χ1v) is 8.42. The molecule has 6 nitrogen and oxygen atoms in total. The van der Waals surface area contributed by atoms with Gasteiger partial charge in [0.25, 0.3) is 0 Å². The van der Waals surface area contributed by atoms with Gasteiger partial charge >= 0.3 is 0 Å². The molecule has 2 aromatic rings. The molecule has 2 aliphatic heterocycles. The van der Waals surface area contributed by atoms with Crippen molar-refractivity contribution in [3.8, 4) is 0 Å². The Kier molecular flexibility index (Phi) is 3.98. The topological polar surface area (TPSA) is 65.6 Å². The molecule has 4 rings (SSSR count). The van der Waals surface area contributed by atoms with Crippen LogP contribution in [0.25, 0.3) is 10.9 Å². The Morgan fingerprint density at radius 3 is 2.96 bits per heavy atom. The molecular weight excluding hydrogens is 306 g/mol. The van der Waals surface area contributed by atoms with E-state index in [4.69, 9.17) is 4.74 Å². The summed E-state index contributed by atoms with van der Waals surface area (Å²) < 4.78 is 5.37. The van der Waals surface area contributed by atoms with E-state index in [1.54, 1.807) is 4.90 Å². The molecule has 126 valence electrons. The van der Waals surface area contributed by atoms with Crippen molar-refractivity contribution < 1.29 is 14.3 Å². The molecule has 6 heteroatoms. The highest BCUT2D eigenvalue weighted by atomic mass is 16.5. The first-order valence-electron chi connectivity index (χ1n) is 8.42. The summed E-state index contributed by atoms with van der Waals surface area (Å²) >= 11 is 0. The van der Waals surface area contributed by atoms with E-state index in [-0.39, 0.29) is 24.4 Å². The Morgan fingerprint density at radius 2 is 2.17 bits per heavy atom. The number of H-pyrrole nitrogens is 1. The Morgan fingerprint density at radius 1 is 1.29 bits per heavy atom. The van der Waals surface area contributed by atoms with E-state index >= 15 is 0 Å². The summed E-state index contributed by atoms with van der Waals surface area (Å²) in [5.74, 6) is 0.0412. The molecule has 2 amide bonds. The number of benzene rings is 1. The molecular formula is C18H21N3O3. The van der Waals surface area contributed by atoms with Crippen LogP contribution < -0.4 is 0 Å². The molecule has 0 saturated carbocycles. The highest BCUT2D eigenvalue weighted by Crippen LogP contribution is 2.20. The van der Waals surface area contributed by atoms with Gasteiger partial charge in [0.2, 0.25) is 11.8 Å². The number of ether oxygens (including phenoxy) is 1. The molecule has 0 radical (unpaired) electrons. The van der Waals surface area contributed by atoms with Crippen molar-refractivity contribution >= 4 is 22.7 Å². The van der Waals surface area contributed by atoms with Crippen LogP contribution in [-0.4, -0.2) is 65.5 Å². The van der Waals surface area contributed by atoms with Crippen molar-refractivity contribution in [1.29, 1.82) is 0 Å². The standard InChI is InChI=1S/C18H21N3O3/c22-17(9-13-10-19-16-4-2-1-3-15(13)16)20-6-7-21(18(23)11-20)14-5-8-24-12-14/h1-4,10,14,19H,5-9,11-12H2. The largest absolute Gasteiger partial charge is 0.379 e. The Balaban J connectivity index is 1.41. The minimum Gasteiger partial charge on any atom is -0.379 e. The van der Waals surface area contributed by atoms with E-state index in [1.807, 2.05) is 35.4 Å². The van der Waals surface area contributed by atoms with E-state index in [1.165, 1.54) is 0 Å². The Bertz CT molecular complexity index is 764. The second kappa shape index (κ2) is 6.28. The molecule has 1 aromatic carbocycles. The van der Waals surface area contributed by atoms with Crippen LogP contribution in [-0.2, 0) is 20.7 Å². The zero-order valence-electron chi connectivity index (χ0n) is 13.5. The fourth-order valence-corrected chi connectivity index (χ4v) is 3.61. The number of carbonyl (C=O) groups excluding carboxylic acids is 2. The second-order valence-electron chi connectivity index (χ2n) is 6.46. The number of rotatable bonds is 3. The van der Waals surface area contributed by atoms with Gasteiger partial charge in [0.1, 0.15) is 0 Å². The fraction of sp³-hybridized carbons (Fsp3) is 0.444. The number of piperazine rings is 1. The molecule has 1 aromatic heterocycles. The summed E-state index contributed by atoms with van der Waals surface area (Å²) in [6, 6.07) is 8.13. The number of amides is 2. The zero-order chi connectivity index (χ0) is 16.5. The molecule has 2 aliphatic rings. The lowest BCUT2D eigenvalue weighted by Gasteiger charge is -2.37. The van der Waals surface area contributed by atoms with Crippen LogP contribution in [0.2, 0.25) is 0 Å². The van der Waals surface area contributed by atoms with Crippen LogP contribution >= 0.6 is 0 Å². The molecule has 1 N–H and O–H groups in total. The van der Waals surface area contributed by atoms with E-state index in [2.05, 4.69) is 4.98 Å². The summed E-state index contributed by atoms with van der Waals surface area (Å²) in [6.45, 7) is 2.72. The van der Waals surface area contributed by atoms with Gasteiger partial charge in [-0.05, 0) is 18.1 Å². The minimum absolute atomic E-state index is 0.00965. The maximum absolute atomic E-state index is 12.6. The first kappa shape index (κ1) is 15.2. The van der Waals surface area contributed by atoms with Crippen LogP contribution in [0.3, 0.4) is 0 Å². The first-order chi connectivity index (χ1) is 11.7. The van der Waals surface area contributed by atoms with Crippen LogP contribution in [0.5, 0.6) is 0 Å². The lowest BCUT2D eigenvalue weighted by atomic mass is 10.1. The molecule has 0 spiro atoms. The number of carbonyl (C=O) groups is 2. The van der Waals surface area contributed by atoms with Crippen LogP contribution in [0.15, 0.2) is 30.5 Å². The van der Waals surface area contributed by atoms with Crippen molar-refractivity contribution in [2.75, 3.05) is 32.8 Å². The number of nitrogens with zero attached hydrogens (tertiary/aromatic N) is 2. The third-order valence-corrected chi connectivity index (χ3v) is 4.97. The quantitative estimate of drug-likeness (QED) is 0.920. The van der Waals surface area contributed by atoms with E-state index in [9.17, 15) is 9.59 Å². The smallest absolute Gasteiger partial charge is 0.242 e. The van der Waals surface area contributed by atoms with Gasteiger partial charge in [0.15, 0.2) is 0 Å². The molecule has 0 aliphatic carbocycles. The maximum atomic E-state index is 12.6. The summed E-state index contributed by atoms with van der Waals surface area (Å²) in [5.41, 5.74) is 2.01. The van der Waals surface area contributed by atoms with Gasteiger partial charge in [0.05, 0.1) is 25.6 Å². The van der Waals surface area contributed by atoms with Crippen molar-refractivity contribution in [2.24, 2.45) is 0 Å². The molecule has 3 heterocycles. The molecule has 1 unspecified atom stereocenters. The van der Waals surface area contributed by atoms with Crippen LogP contribution in [0, 0.1) is 0 Å². The molecule has 2 saturated heterocycles. The third kappa shape index (κ3) is 2.78. The third-order valence-electron chi connectivity index (χ3n) is 4.97. The lowest BCUT2D eigenvalue weighted by molar-refractivity contribution is -0.146. The fourth-order valence-electron chi connectivity index (χ4n) is 3.61. The van der Waals surface area contributed by atoms with Gasteiger partial charge in [-0.1, -0.05) is 18.2 Å². The molecule has 0 bridgehead atoms. The number of nitrogens with one attached hydrogen (secondary N) is 1. The minimum atomic E-state index is 0.00965. The molecule has 2 fully saturated rings. The monoisotopic (exact) mass is 327 g/mol. The summed E-state index contributed by atoms with van der Waals surface area (Å²) in [5, 5.41) is 1.07. The van der Waals surface area contributed by atoms with Crippen molar-refractivity contribution in [3.05, 3.63) is 36.0 Å². The summed E-state index contributed by atoms with van der Waals surface area (Å²) in [6.07, 6.45) is 3.11. The van der Waals surface area contributed by atoms with Crippen molar-refractivity contribution in [1.82, 2.24) is 14.8 Å². The number of para-hydroxylation sites is 1. The Labute approximate surface area is 140 Å². The lowest BCUT2D eigenvalue weighted by Crippen LogP contribution is -2.55. The Hall–Kier alpha value is -2.34. The average Bonchev–Trinajstić information content (AvgIpc) is 3.25. The van der Waals surface area contributed by atoms with Gasteiger partial charge in [0, 0.05) is 36.8 Å². The zero-order valence-corrected chi connectivity index (χ0v) is 13.5. The molecule has 24 heavy (non-hydrogen) atoms. The van der Waals surface area contributed by atoms with E-state index < -0.39 is 0 Å². The number of hydrogen-bond acceptors (Lipinski definition) is 3. The summed E-state index contributed by atoms with van der Waals surface area (Å²) in [7, 11) is 0. The SMILES string of the molecule is O=C(Cc1c[nH]c2ccccc12)N1CCN(C2CCOC2)C(=O)C1. The van der Waals surface area contributed by atoms with Crippen molar-refractivity contribution in [3.63, 3.8) is 0 Å².